The predicted molar refractivity (Wildman–Crippen MR) is 92.9 cm³/mol. The zero-order valence-electron chi connectivity index (χ0n) is 13.8. The number of benzene rings is 1. The number of imidazole rings is 1. The molecular weight excluding hydrogens is 288 g/mol. The third-order valence-corrected chi connectivity index (χ3v) is 5.60. The van der Waals surface area contributed by atoms with E-state index in [4.69, 9.17) is 0 Å². The molecule has 1 aromatic carbocycles. The molecule has 0 saturated carbocycles. The quantitative estimate of drug-likeness (QED) is 0.892. The Balaban J connectivity index is 1.49. The molecule has 2 aliphatic heterocycles. The van der Waals surface area contributed by atoms with Crippen molar-refractivity contribution in [1.82, 2.24) is 19.8 Å². The van der Waals surface area contributed by atoms with E-state index >= 15 is 0 Å². The summed E-state index contributed by atoms with van der Waals surface area (Å²) in [5.41, 5.74) is 2.04. The first-order valence-corrected chi connectivity index (χ1v) is 8.89. The standard InChI is InChI=1S/C18H26N4O/c1-13-12-15(6-9-19-13)21-10-7-14(8-11-21)22-17-5-3-2-4-16(17)20-18(22)23/h2-5,13-15,19H,6-12H2,1H3,(H,20,23). The van der Waals surface area contributed by atoms with Gasteiger partial charge in [-0.2, -0.15) is 0 Å². The molecule has 0 spiro atoms. The number of piperidine rings is 2. The highest BCUT2D eigenvalue weighted by Crippen LogP contribution is 2.27. The van der Waals surface area contributed by atoms with E-state index in [2.05, 4.69) is 22.1 Å². The van der Waals surface area contributed by atoms with Crippen molar-refractivity contribution >= 4 is 11.0 Å². The van der Waals surface area contributed by atoms with Crippen molar-refractivity contribution in [3.8, 4) is 0 Å². The second kappa shape index (κ2) is 6.13. The molecular formula is C18H26N4O. The fourth-order valence-electron chi connectivity index (χ4n) is 4.38. The van der Waals surface area contributed by atoms with E-state index in [0.29, 0.717) is 18.1 Å². The van der Waals surface area contributed by atoms with Crippen LogP contribution < -0.4 is 11.0 Å². The lowest BCUT2D eigenvalue weighted by Crippen LogP contribution is -2.49. The zero-order chi connectivity index (χ0) is 15.8. The average molecular weight is 314 g/mol. The summed E-state index contributed by atoms with van der Waals surface area (Å²) in [6.07, 6.45) is 4.64. The Hall–Kier alpha value is -1.59. The molecule has 1 aromatic heterocycles. The number of likely N-dealkylation sites (tertiary alicyclic amines) is 1. The number of nitrogens with one attached hydrogen (secondary N) is 2. The van der Waals surface area contributed by atoms with Gasteiger partial charge in [0.1, 0.15) is 0 Å². The third kappa shape index (κ3) is 2.83. The maximum absolute atomic E-state index is 12.3. The van der Waals surface area contributed by atoms with Gasteiger partial charge < -0.3 is 15.2 Å². The Morgan fingerprint density at radius 1 is 1.09 bits per heavy atom. The Bertz CT molecular complexity index is 726. The Morgan fingerprint density at radius 2 is 1.87 bits per heavy atom. The van der Waals surface area contributed by atoms with Crippen molar-refractivity contribution in [2.24, 2.45) is 0 Å². The molecule has 4 rings (SSSR count). The highest BCUT2D eigenvalue weighted by molar-refractivity contribution is 5.75. The monoisotopic (exact) mass is 314 g/mol. The van der Waals surface area contributed by atoms with Crippen molar-refractivity contribution in [3.63, 3.8) is 0 Å². The summed E-state index contributed by atoms with van der Waals surface area (Å²) in [4.78, 5) is 18.0. The second-order valence-corrected chi connectivity index (χ2v) is 7.12. The number of aromatic amines is 1. The molecule has 0 radical (unpaired) electrons. The molecule has 2 unspecified atom stereocenters. The minimum atomic E-state index is 0.0418. The van der Waals surface area contributed by atoms with Crippen LogP contribution in [-0.2, 0) is 0 Å². The average Bonchev–Trinajstić information content (AvgIpc) is 2.91. The van der Waals surface area contributed by atoms with E-state index < -0.39 is 0 Å². The number of nitrogens with zero attached hydrogens (tertiary/aromatic N) is 2. The maximum Gasteiger partial charge on any atom is 0.326 e. The highest BCUT2D eigenvalue weighted by Gasteiger charge is 2.29. The molecule has 0 bridgehead atoms. The van der Waals surface area contributed by atoms with Gasteiger partial charge in [0.05, 0.1) is 11.0 Å². The largest absolute Gasteiger partial charge is 0.326 e. The molecule has 0 aliphatic carbocycles. The summed E-state index contributed by atoms with van der Waals surface area (Å²) < 4.78 is 1.98. The predicted octanol–water partition coefficient (Wildman–Crippen LogP) is 2.11. The van der Waals surface area contributed by atoms with Crippen LogP contribution in [-0.4, -0.2) is 46.2 Å². The number of rotatable bonds is 2. The van der Waals surface area contributed by atoms with Crippen LogP contribution in [0, 0.1) is 0 Å². The zero-order valence-corrected chi connectivity index (χ0v) is 13.8. The molecule has 2 saturated heterocycles. The van der Waals surface area contributed by atoms with Crippen molar-refractivity contribution in [2.45, 2.75) is 50.7 Å². The minimum Gasteiger partial charge on any atom is -0.314 e. The lowest BCUT2D eigenvalue weighted by molar-refractivity contribution is 0.103. The van der Waals surface area contributed by atoms with Crippen LogP contribution in [0.3, 0.4) is 0 Å². The lowest BCUT2D eigenvalue weighted by atomic mass is 9.95. The summed E-state index contributed by atoms with van der Waals surface area (Å²) in [6, 6.07) is 9.69. The number of H-pyrrole nitrogens is 1. The van der Waals surface area contributed by atoms with Gasteiger partial charge in [-0.05, 0) is 51.3 Å². The summed E-state index contributed by atoms with van der Waals surface area (Å²) in [5.74, 6) is 0. The minimum absolute atomic E-state index is 0.0418. The van der Waals surface area contributed by atoms with Gasteiger partial charge in [-0.15, -0.1) is 0 Å². The van der Waals surface area contributed by atoms with E-state index in [-0.39, 0.29) is 5.69 Å². The normalized spacial score (nSPS) is 27.5. The number of hydrogen-bond acceptors (Lipinski definition) is 3. The molecule has 2 aliphatic rings. The Morgan fingerprint density at radius 3 is 2.65 bits per heavy atom. The van der Waals surface area contributed by atoms with Crippen LogP contribution in [0.4, 0.5) is 0 Å². The molecule has 3 heterocycles. The van der Waals surface area contributed by atoms with E-state index in [1.165, 1.54) is 12.8 Å². The number of para-hydroxylation sites is 2. The second-order valence-electron chi connectivity index (χ2n) is 7.12. The van der Waals surface area contributed by atoms with Crippen LogP contribution >= 0.6 is 0 Å². The first-order chi connectivity index (χ1) is 11.2. The summed E-state index contributed by atoms with van der Waals surface area (Å²) in [6.45, 7) is 5.63. The van der Waals surface area contributed by atoms with Crippen molar-refractivity contribution in [2.75, 3.05) is 19.6 Å². The molecule has 0 amide bonds. The van der Waals surface area contributed by atoms with Crippen molar-refractivity contribution < 1.29 is 0 Å². The van der Waals surface area contributed by atoms with Crippen LogP contribution in [0.15, 0.2) is 29.1 Å². The van der Waals surface area contributed by atoms with Crippen LogP contribution in [0.25, 0.3) is 11.0 Å². The lowest BCUT2D eigenvalue weighted by Gasteiger charge is -2.41. The molecule has 2 atom stereocenters. The first kappa shape index (κ1) is 15.0. The molecule has 124 valence electrons. The number of fused-ring (bicyclic) bond motifs is 1. The molecule has 2 aromatic rings. The highest BCUT2D eigenvalue weighted by atomic mass is 16.1. The Labute approximate surface area is 136 Å². The van der Waals surface area contributed by atoms with Gasteiger partial charge in [-0.1, -0.05) is 12.1 Å². The smallest absolute Gasteiger partial charge is 0.314 e. The topological polar surface area (TPSA) is 53.1 Å². The maximum atomic E-state index is 12.3. The van der Waals surface area contributed by atoms with Gasteiger partial charge in [0.25, 0.3) is 0 Å². The third-order valence-electron chi connectivity index (χ3n) is 5.60. The van der Waals surface area contributed by atoms with E-state index in [0.717, 1.165) is 43.5 Å². The summed E-state index contributed by atoms with van der Waals surface area (Å²) >= 11 is 0. The number of aromatic nitrogens is 2. The van der Waals surface area contributed by atoms with Gasteiger partial charge in [0, 0.05) is 31.2 Å². The number of hydrogen-bond donors (Lipinski definition) is 2. The summed E-state index contributed by atoms with van der Waals surface area (Å²) in [7, 11) is 0. The van der Waals surface area contributed by atoms with Crippen LogP contribution in [0.2, 0.25) is 0 Å². The fraction of sp³-hybridized carbons (Fsp3) is 0.611. The van der Waals surface area contributed by atoms with Gasteiger partial charge in [0.15, 0.2) is 0 Å². The fourth-order valence-corrected chi connectivity index (χ4v) is 4.38. The van der Waals surface area contributed by atoms with E-state index in [9.17, 15) is 4.79 Å². The van der Waals surface area contributed by atoms with Crippen molar-refractivity contribution in [3.05, 3.63) is 34.7 Å². The molecule has 2 fully saturated rings. The van der Waals surface area contributed by atoms with Gasteiger partial charge in [-0.3, -0.25) is 4.57 Å². The molecule has 23 heavy (non-hydrogen) atoms. The SMILES string of the molecule is CC1CC(N2CCC(n3c(=O)[nH]c4ccccc43)CC2)CCN1. The van der Waals surface area contributed by atoms with Crippen LogP contribution in [0.5, 0.6) is 0 Å². The molecule has 2 N–H and O–H groups in total. The van der Waals surface area contributed by atoms with Gasteiger partial charge in [-0.25, -0.2) is 4.79 Å². The van der Waals surface area contributed by atoms with Gasteiger partial charge in [0.2, 0.25) is 0 Å². The molecule has 5 nitrogen and oxygen atoms in total. The summed E-state index contributed by atoms with van der Waals surface area (Å²) in [5, 5.41) is 3.53. The van der Waals surface area contributed by atoms with Crippen molar-refractivity contribution in [1.29, 1.82) is 0 Å². The molecule has 5 heteroatoms. The van der Waals surface area contributed by atoms with E-state index in [1.54, 1.807) is 0 Å². The van der Waals surface area contributed by atoms with Crippen LogP contribution in [0.1, 0.15) is 38.6 Å². The van der Waals surface area contributed by atoms with E-state index in [1.807, 2.05) is 28.8 Å². The first-order valence-electron chi connectivity index (χ1n) is 8.89. The van der Waals surface area contributed by atoms with Gasteiger partial charge >= 0.3 is 5.69 Å². The Kier molecular flexibility index (Phi) is 3.99.